The molecule has 1 amide bonds. The number of amides is 1. The Bertz CT molecular complexity index is 610. The summed E-state index contributed by atoms with van der Waals surface area (Å²) < 4.78 is 14.2. The number of rotatable bonds is 5. The van der Waals surface area contributed by atoms with E-state index in [0.29, 0.717) is 44.0 Å². The fourth-order valence-corrected chi connectivity index (χ4v) is 2.72. The van der Waals surface area contributed by atoms with Gasteiger partial charge in [0.15, 0.2) is 5.78 Å². The quantitative estimate of drug-likeness (QED) is 0.772. The lowest BCUT2D eigenvalue weighted by atomic mass is 10.1. The van der Waals surface area contributed by atoms with Crippen molar-refractivity contribution in [3.05, 3.63) is 29.6 Å². The molecule has 0 saturated carbocycles. The van der Waals surface area contributed by atoms with Crippen molar-refractivity contribution in [1.29, 1.82) is 0 Å². The zero-order chi connectivity index (χ0) is 17.9. The van der Waals surface area contributed by atoms with Crippen LogP contribution < -0.4 is 4.90 Å². The largest absolute Gasteiger partial charge is 0.367 e. The van der Waals surface area contributed by atoms with Crippen LogP contribution in [0.15, 0.2) is 18.2 Å². The number of carbonyl (C=O) groups excluding carboxylic acids is 2. The van der Waals surface area contributed by atoms with Crippen LogP contribution in [-0.4, -0.2) is 67.3 Å². The molecule has 0 radical (unpaired) electrons. The molecule has 1 aromatic rings. The van der Waals surface area contributed by atoms with Gasteiger partial charge in [0.05, 0.1) is 12.2 Å². The van der Waals surface area contributed by atoms with Gasteiger partial charge in [-0.15, -0.1) is 0 Å². The minimum Gasteiger partial charge on any atom is -0.367 e. The first-order valence-corrected chi connectivity index (χ1v) is 8.33. The highest BCUT2D eigenvalue weighted by molar-refractivity contribution is 5.94. The molecule has 6 heteroatoms. The van der Waals surface area contributed by atoms with E-state index in [0.717, 1.165) is 0 Å². The number of likely N-dealkylation sites (N-methyl/N-ethyl adjacent to an activating group) is 1. The second-order valence-electron chi connectivity index (χ2n) is 6.58. The van der Waals surface area contributed by atoms with Gasteiger partial charge >= 0.3 is 0 Å². The van der Waals surface area contributed by atoms with Crippen molar-refractivity contribution in [3.63, 3.8) is 0 Å². The zero-order valence-electron chi connectivity index (χ0n) is 14.9. The van der Waals surface area contributed by atoms with Gasteiger partial charge in [-0.3, -0.25) is 14.5 Å². The minimum atomic E-state index is -0.369. The maximum Gasteiger partial charge on any atom is 0.236 e. The van der Waals surface area contributed by atoms with Crippen molar-refractivity contribution in [3.8, 4) is 0 Å². The van der Waals surface area contributed by atoms with Crippen LogP contribution in [0.3, 0.4) is 0 Å². The molecule has 2 rings (SSSR count). The van der Waals surface area contributed by atoms with Gasteiger partial charge in [-0.2, -0.15) is 0 Å². The Morgan fingerprint density at radius 1 is 1.21 bits per heavy atom. The number of piperazine rings is 1. The van der Waals surface area contributed by atoms with Gasteiger partial charge in [0.2, 0.25) is 5.91 Å². The van der Waals surface area contributed by atoms with E-state index < -0.39 is 0 Å². The Kier molecular flexibility index (Phi) is 5.94. The zero-order valence-corrected chi connectivity index (χ0v) is 14.9. The maximum absolute atomic E-state index is 14.2. The summed E-state index contributed by atoms with van der Waals surface area (Å²) in [5.41, 5.74) is 0.905. The first kappa shape index (κ1) is 18.4. The smallest absolute Gasteiger partial charge is 0.236 e. The molecule has 0 N–H and O–H groups in total. The van der Waals surface area contributed by atoms with Crippen LogP contribution in [0.25, 0.3) is 0 Å². The third kappa shape index (κ3) is 4.32. The lowest BCUT2D eigenvalue weighted by Gasteiger charge is -2.36. The number of benzene rings is 1. The first-order valence-electron chi connectivity index (χ1n) is 8.33. The summed E-state index contributed by atoms with van der Waals surface area (Å²) in [5, 5.41) is 0. The molecule has 24 heavy (non-hydrogen) atoms. The van der Waals surface area contributed by atoms with Crippen LogP contribution in [0.4, 0.5) is 10.1 Å². The highest BCUT2D eigenvalue weighted by Gasteiger charge is 2.23. The van der Waals surface area contributed by atoms with Gasteiger partial charge in [-0.1, -0.05) is 0 Å². The van der Waals surface area contributed by atoms with E-state index in [9.17, 15) is 14.0 Å². The fraction of sp³-hybridized carbons (Fsp3) is 0.556. The number of carbonyl (C=O) groups is 2. The predicted octanol–water partition coefficient (Wildman–Crippen LogP) is 2.02. The second-order valence-corrected chi connectivity index (χ2v) is 6.58. The summed E-state index contributed by atoms with van der Waals surface area (Å²) in [6, 6.07) is 4.81. The molecule has 1 aromatic carbocycles. The number of ketones is 1. The van der Waals surface area contributed by atoms with Gasteiger partial charge in [-0.05, 0) is 39.0 Å². The van der Waals surface area contributed by atoms with Crippen LogP contribution in [-0.2, 0) is 4.79 Å². The molecule has 0 aromatic heterocycles. The van der Waals surface area contributed by atoms with E-state index in [1.807, 2.05) is 25.8 Å². The number of halogens is 1. The Morgan fingerprint density at radius 2 is 1.83 bits per heavy atom. The molecule has 0 aliphatic carbocycles. The highest BCUT2D eigenvalue weighted by Crippen LogP contribution is 2.22. The lowest BCUT2D eigenvalue weighted by molar-refractivity contribution is -0.132. The molecule has 1 fully saturated rings. The third-order valence-corrected chi connectivity index (χ3v) is 4.59. The molecule has 1 aliphatic heterocycles. The number of anilines is 1. The number of Topliss-reactive ketones (excluding diaryl/α,β-unsaturated/α-hetero) is 1. The Hall–Kier alpha value is -1.95. The van der Waals surface area contributed by atoms with Crippen molar-refractivity contribution in [2.24, 2.45) is 0 Å². The average Bonchev–Trinajstić information content (AvgIpc) is 2.54. The molecule has 0 spiro atoms. The molecular weight excluding hydrogens is 309 g/mol. The first-order chi connectivity index (χ1) is 11.3. The van der Waals surface area contributed by atoms with Gasteiger partial charge in [0, 0.05) is 44.8 Å². The Labute approximate surface area is 143 Å². The summed E-state index contributed by atoms with van der Waals surface area (Å²) in [6.45, 7) is 8.56. The van der Waals surface area contributed by atoms with E-state index in [2.05, 4.69) is 4.90 Å². The molecule has 0 atom stereocenters. The van der Waals surface area contributed by atoms with Crippen molar-refractivity contribution in [2.75, 3.05) is 44.7 Å². The van der Waals surface area contributed by atoms with Gasteiger partial charge in [0.1, 0.15) is 5.82 Å². The number of nitrogens with zero attached hydrogens (tertiary/aromatic N) is 3. The van der Waals surface area contributed by atoms with Crippen LogP contribution in [0.1, 0.15) is 31.1 Å². The van der Waals surface area contributed by atoms with E-state index >= 15 is 0 Å². The summed E-state index contributed by atoms with van der Waals surface area (Å²) in [5.74, 6) is -0.403. The summed E-state index contributed by atoms with van der Waals surface area (Å²) >= 11 is 0. The molecule has 1 aliphatic rings. The molecule has 0 bridgehead atoms. The summed E-state index contributed by atoms with van der Waals surface area (Å²) in [6.07, 6.45) is 0. The normalized spacial score (nSPS) is 15.7. The van der Waals surface area contributed by atoms with E-state index in [1.54, 1.807) is 17.0 Å². The fourth-order valence-electron chi connectivity index (χ4n) is 2.72. The molecule has 0 unspecified atom stereocenters. The third-order valence-electron chi connectivity index (χ3n) is 4.59. The van der Waals surface area contributed by atoms with Crippen LogP contribution >= 0.6 is 0 Å². The average molecular weight is 335 g/mol. The molecule has 1 heterocycles. The van der Waals surface area contributed by atoms with Crippen LogP contribution in [0.2, 0.25) is 0 Å². The molecular formula is C18H26FN3O2. The van der Waals surface area contributed by atoms with Crippen molar-refractivity contribution >= 4 is 17.4 Å². The van der Waals surface area contributed by atoms with Gasteiger partial charge in [0.25, 0.3) is 0 Å². The van der Waals surface area contributed by atoms with Crippen molar-refractivity contribution in [2.45, 2.75) is 26.8 Å². The molecule has 132 valence electrons. The Morgan fingerprint density at radius 3 is 2.33 bits per heavy atom. The van der Waals surface area contributed by atoms with Gasteiger partial charge in [-0.25, -0.2) is 4.39 Å². The number of hydrogen-bond donors (Lipinski definition) is 0. The predicted molar refractivity (Wildman–Crippen MR) is 93.0 cm³/mol. The van der Waals surface area contributed by atoms with Crippen LogP contribution in [0.5, 0.6) is 0 Å². The Balaban J connectivity index is 1.93. The van der Waals surface area contributed by atoms with E-state index in [1.165, 1.54) is 13.0 Å². The summed E-state index contributed by atoms with van der Waals surface area (Å²) in [7, 11) is 1.81. The standard InChI is InChI=1S/C18H26FN3O2/c1-13(2)20(4)18(24)12-21-7-9-22(10-8-21)17-6-5-15(14(3)23)11-16(17)19/h5-6,11,13H,7-10,12H2,1-4H3. The minimum absolute atomic E-state index is 0.107. The van der Waals surface area contributed by atoms with E-state index in [-0.39, 0.29) is 23.5 Å². The molecule has 5 nitrogen and oxygen atoms in total. The topological polar surface area (TPSA) is 43.9 Å². The monoisotopic (exact) mass is 335 g/mol. The van der Waals surface area contributed by atoms with Gasteiger partial charge < -0.3 is 9.80 Å². The second kappa shape index (κ2) is 7.75. The maximum atomic E-state index is 14.2. The van der Waals surface area contributed by atoms with Crippen molar-refractivity contribution in [1.82, 2.24) is 9.80 Å². The number of hydrogen-bond acceptors (Lipinski definition) is 4. The van der Waals surface area contributed by atoms with E-state index in [4.69, 9.17) is 0 Å². The SMILES string of the molecule is CC(=O)c1ccc(N2CCN(CC(=O)N(C)C(C)C)CC2)c(F)c1. The van der Waals surface area contributed by atoms with Crippen LogP contribution in [0, 0.1) is 5.82 Å². The summed E-state index contributed by atoms with van der Waals surface area (Å²) in [4.78, 5) is 29.3. The highest BCUT2D eigenvalue weighted by atomic mass is 19.1. The lowest BCUT2D eigenvalue weighted by Crippen LogP contribution is -2.50. The molecule has 1 saturated heterocycles. The van der Waals surface area contributed by atoms with Crippen molar-refractivity contribution < 1.29 is 14.0 Å².